The van der Waals surface area contributed by atoms with Crippen molar-refractivity contribution in [2.45, 2.75) is 64.1 Å². The van der Waals surface area contributed by atoms with Gasteiger partial charge in [-0.05, 0) is 80.9 Å². The fourth-order valence-corrected chi connectivity index (χ4v) is 5.55. The molecule has 0 N–H and O–H groups in total. The summed E-state index contributed by atoms with van der Waals surface area (Å²) in [5.41, 5.74) is -4.27. The molecule has 1 unspecified atom stereocenters. The lowest BCUT2D eigenvalue weighted by Gasteiger charge is -2.33. The minimum atomic E-state index is -5.82. The van der Waals surface area contributed by atoms with Crippen LogP contribution in [0.15, 0.2) is 72.8 Å². The molecule has 0 heterocycles. The summed E-state index contributed by atoms with van der Waals surface area (Å²) >= 11 is 0. The van der Waals surface area contributed by atoms with Crippen LogP contribution >= 0.6 is 0 Å². The first kappa shape index (κ1) is 30.4. The van der Waals surface area contributed by atoms with Crippen molar-refractivity contribution in [3.05, 3.63) is 89.5 Å². The Bertz CT molecular complexity index is 1540. The molecule has 0 spiro atoms. The smallest absolute Gasteiger partial charge is 0.444 e. The van der Waals surface area contributed by atoms with E-state index in [9.17, 15) is 26.4 Å². The lowest BCUT2D eigenvalue weighted by molar-refractivity contribution is -0.0509. The van der Waals surface area contributed by atoms with E-state index < -0.39 is 27.3 Å². The monoisotopic (exact) mass is 589 g/mol. The van der Waals surface area contributed by atoms with Crippen molar-refractivity contribution in [2.24, 2.45) is 5.92 Å². The van der Waals surface area contributed by atoms with Gasteiger partial charge >= 0.3 is 21.7 Å². The molecule has 0 radical (unpaired) electrons. The minimum Gasteiger partial charge on any atom is -0.444 e. The van der Waals surface area contributed by atoms with E-state index in [1.165, 1.54) is 6.08 Å². The van der Waals surface area contributed by atoms with E-state index in [4.69, 9.17) is 4.74 Å². The van der Waals surface area contributed by atoms with Crippen LogP contribution in [0.2, 0.25) is 0 Å². The number of amides is 1. The summed E-state index contributed by atoms with van der Waals surface area (Å²) < 4.78 is 73.1. The van der Waals surface area contributed by atoms with Gasteiger partial charge in [0, 0.05) is 12.1 Å². The highest BCUT2D eigenvalue weighted by Crippen LogP contribution is 2.37. The fraction of sp³-hybridized carbons (Fsp3) is 0.387. The molecule has 10 heteroatoms. The van der Waals surface area contributed by atoms with Crippen LogP contribution in [0, 0.1) is 5.92 Å². The average Bonchev–Trinajstić information content (AvgIpc) is 2.88. The number of allylic oxidation sites excluding steroid dienone is 1. The van der Waals surface area contributed by atoms with Gasteiger partial charge in [-0.25, -0.2) is 4.79 Å². The van der Waals surface area contributed by atoms with Gasteiger partial charge in [-0.15, -0.1) is 0 Å². The number of hydrogen-bond donors (Lipinski definition) is 0. The van der Waals surface area contributed by atoms with Gasteiger partial charge in [-0.2, -0.15) is 21.6 Å². The number of nitrogens with zero attached hydrogens (tertiary/aromatic N) is 1. The number of rotatable bonds is 8. The van der Waals surface area contributed by atoms with E-state index in [-0.39, 0.29) is 17.7 Å². The van der Waals surface area contributed by atoms with Gasteiger partial charge in [0.1, 0.15) is 11.4 Å². The van der Waals surface area contributed by atoms with Crippen molar-refractivity contribution >= 4 is 32.7 Å². The molecule has 0 saturated carbocycles. The molecule has 0 saturated heterocycles. The largest absolute Gasteiger partial charge is 0.534 e. The van der Waals surface area contributed by atoms with Gasteiger partial charge in [-0.3, -0.25) is 0 Å². The lowest BCUT2D eigenvalue weighted by Crippen LogP contribution is -2.39. The molecule has 1 aliphatic carbocycles. The van der Waals surface area contributed by atoms with Crippen LogP contribution in [0.3, 0.4) is 0 Å². The molecule has 41 heavy (non-hydrogen) atoms. The van der Waals surface area contributed by atoms with Crippen LogP contribution in [0.5, 0.6) is 0 Å². The molecule has 6 nitrogen and oxygen atoms in total. The summed E-state index contributed by atoms with van der Waals surface area (Å²) in [4.78, 5) is 15.0. The first-order valence-electron chi connectivity index (χ1n) is 13.4. The molecule has 0 aliphatic heterocycles. The summed E-state index contributed by atoms with van der Waals surface area (Å²) in [6, 6.07) is 20.2. The molecule has 3 aromatic carbocycles. The van der Waals surface area contributed by atoms with Gasteiger partial charge in [0.05, 0.1) is 6.04 Å². The molecule has 0 aromatic heterocycles. The predicted molar refractivity (Wildman–Crippen MR) is 152 cm³/mol. The van der Waals surface area contributed by atoms with Crippen molar-refractivity contribution in [2.75, 3.05) is 6.54 Å². The van der Waals surface area contributed by atoms with E-state index in [0.717, 1.165) is 16.3 Å². The first-order chi connectivity index (χ1) is 19.2. The van der Waals surface area contributed by atoms with Crippen LogP contribution in [0.25, 0.3) is 16.5 Å². The second kappa shape index (κ2) is 11.8. The van der Waals surface area contributed by atoms with Gasteiger partial charge in [-0.1, -0.05) is 66.7 Å². The van der Waals surface area contributed by atoms with Gasteiger partial charge in [0.25, 0.3) is 0 Å². The van der Waals surface area contributed by atoms with Crippen molar-refractivity contribution in [3.8, 4) is 0 Å². The van der Waals surface area contributed by atoms with Crippen molar-refractivity contribution < 1.29 is 35.3 Å². The maximum atomic E-state index is 13.4. The molecule has 4 rings (SSSR count). The number of carbonyl (C=O) groups excluding carboxylic acids is 1. The number of fused-ring (bicyclic) bond motifs is 2. The Labute approximate surface area is 238 Å². The quantitative estimate of drug-likeness (QED) is 0.197. The number of benzene rings is 3. The summed E-state index contributed by atoms with van der Waals surface area (Å²) in [5, 5.41) is 2.07. The average molecular weight is 590 g/mol. The van der Waals surface area contributed by atoms with Gasteiger partial charge in [0.15, 0.2) is 0 Å². The standard InChI is InChI=1S/C31H34F3NO5S/c1-21(25-17-9-14-23-12-5-7-15-26(23)25)35(29(36)39-30(2,3)4)18-10-11-22-19-24-13-6-8-16-27(24)28(20-22)40-41(37,38)31(32,33)34/h5-9,12-17,20-22H,10-11,18-19H2,1-4H3/t21-,22?/m1/s1. The SMILES string of the molecule is C[C@H](c1cccc2ccccc12)N(CCCC1C=C(OS(=O)(=O)C(F)(F)F)c2ccccc2C1)C(=O)OC(C)(C)C. The highest BCUT2D eigenvalue weighted by molar-refractivity contribution is 7.87. The highest BCUT2D eigenvalue weighted by Gasteiger charge is 2.49. The molecule has 1 amide bonds. The molecule has 0 fully saturated rings. The number of halogens is 3. The van der Waals surface area contributed by atoms with Crippen LogP contribution < -0.4 is 0 Å². The molecule has 0 bridgehead atoms. The maximum Gasteiger partial charge on any atom is 0.534 e. The number of alkyl halides is 3. The normalized spacial score (nSPS) is 16.5. The zero-order chi connectivity index (χ0) is 30.0. The summed E-state index contributed by atoms with van der Waals surface area (Å²) in [6.45, 7) is 7.66. The second-order valence-corrected chi connectivity index (χ2v) is 12.7. The molecule has 220 valence electrons. The first-order valence-corrected chi connectivity index (χ1v) is 14.9. The van der Waals surface area contributed by atoms with E-state index in [1.807, 2.05) is 49.4 Å². The van der Waals surface area contributed by atoms with E-state index in [0.29, 0.717) is 36.9 Å². The number of ether oxygens (including phenoxy) is 1. The van der Waals surface area contributed by atoms with E-state index in [1.54, 1.807) is 49.9 Å². The Morgan fingerprint density at radius 3 is 2.37 bits per heavy atom. The Balaban J connectivity index is 1.56. The second-order valence-electron chi connectivity index (χ2n) is 11.2. The Kier molecular flexibility index (Phi) is 8.73. The number of hydrogen-bond acceptors (Lipinski definition) is 5. The topological polar surface area (TPSA) is 72.9 Å². The maximum absolute atomic E-state index is 13.4. The third kappa shape index (κ3) is 7.22. The highest BCUT2D eigenvalue weighted by atomic mass is 32.2. The van der Waals surface area contributed by atoms with Crippen LogP contribution in [0.4, 0.5) is 18.0 Å². The Morgan fingerprint density at radius 2 is 1.66 bits per heavy atom. The Hall–Kier alpha value is -3.53. The van der Waals surface area contributed by atoms with Crippen molar-refractivity contribution in [1.82, 2.24) is 4.90 Å². The van der Waals surface area contributed by atoms with Crippen LogP contribution in [-0.2, 0) is 25.5 Å². The molecular formula is C31H34F3NO5S. The van der Waals surface area contributed by atoms with Crippen LogP contribution in [0.1, 0.15) is 63.3 Å². The zero-order valence-electron chi connectivity index (χ0n) is 23.4. The number of carbonyl (C=O) groups is 1. The molecule has 1 aliphatic rings. The fourth-order valence-electron chi connectivity index (χ4n) is 5.08. The van der Waals surface area contributed by atoms with E-state index >= 15 is 0 Å². The molecule has 2 atom stereocenters. The van der Waals surface area contributed by atoms with Crippen molar-refractivity contribution in [3.63, 3.8) is 0 Å². The zero-order valence-corrected chi connectivity index (χ0v) is 24.3. The summed E-state index contributed by atoms with van der Waals surface area (Å²) in [6.07, 6.45) is 2.45. The Morgan fingerprint density at radius 1 is 1.00 bits per heavy atom. The third-order valence-corrected chi connectivity index (χ3v) is 7.94. The third-order valence-electron chi connectivity index (χ3n) is 6.98. The van der Waals surface area contributed by atoms with Gasteiger partial charge in [0.2, 0.25) is 0 Å². The van der Waals surface area contributed by atoms with Crippen LogP contribution in [-0.4, -0.2) is 37.1 Å². The molecule has 3 aromatic rings. The lowest BCUT2D eigenvalue weighted by atomic mass is 9.86. The van der Waals surface area contributed by atoms with Gasteiger partial charge < -0.3 is 13.8 Å². The predicted octanol–water partition coefficient (Wildman–Crippen LogP) is 8.00. The van der Waals surface area contributed by atoms with Crippen molar-refractivity contribution in [1.29, 1.82) is 0 Å². The minimum absolute atomic E-state index is 0.295. The summed E-state index contributed by atoms with van der Waals surface area (Å²) in [5.74, 6) is -0.626. The summed E-state index contributed by atoms with van der Waals surface area (Å²) in [7, 11) is -5.82. The molecular weight excluding hydrogens is 555 g/mol. The van der Waals surface area contributed by atoms with E-state index in [2.05, 4.69) is 4.18 Å².